The Morgan fingerprint density at radius 2 is 1.48 bits per heavy atom. The molecule has 0 spiro atoms. The smallest absolute Gasteiger partial charge is 0.387 e. The zero-order chi connectivity index (χ0) is 20.2. The van der Waals surface area contributed by atoms with E-state index < -0.39 is 18.2 Å². The topological polar surface area (TPSA) is 18.5 Å². The lowest BCUT2D eigenvalue weighted by Crippen LogP contribution is -2.21. The zero-order valence-corrected chi connectivity index (χ0v) is 16.5. The molecule has 0 aliphatic carbocycles. The molecule has 0 saturated heterocycles. The molecule has 2 nitrogen and oxygen atoms in total. The van der Waals surface area contributed by atoms with Crippen LogP contribution in [0.25, 0.3) is 0 Å². The lowest BCUT2D eigenvalue weighted by Gasteiger charge is -2.26. The van der Waals surface area contributed by atoms with Crippen LogP contribution < -0.4 is 9.47 Å². The van der Waals surface area contributed by atoms with Crippen LogP contribution in [-0.2, 0) is 10.8 Å². The van der Waals surface area contributed by atoms with Gasteiger partial charge in [-0.3, -0.25) is 0 Å². The SMILES string of the molecule is CC(C)(C)c1ccc(OCCC(C)(C)c2ccc(OC(F)F)c(F)c2)cc1. The van der Waals surface area contributed by atoms with Gasteiger partial charge in [0.05, 0.1) is 6.61 Å². The van der Waals surface area contributed by atoms with E-state index in [1.807, 2.05) is 26.0 Å². The summed E-state index contributed by atoms with van der Waals surface area (Å²) in [5.41, 5.74) is 1.64. The summed E-state index contributed by atoms with van der Waals surface area (Å²) in [4.78, 5) is 0. The van der Waals surface area contributed by atoms with E-state index in [9.17, 15) is 13.2 Å². The first-order chi connectivity index (χ1) is 12.5. The minimum absolute atomic E-state index is 0.0881. The average Bonchev–Trinajstić information content (AvgIpc) is 2.56. The number of hydrogen-bond donors (Lipinski definition) is 0. The van der Waals surface area contributed by atoms with Crippen molar-refractivity contribution in [2.45, 2.75) is 58.5 Å². The molecule has 0 unspecified atom stereocenters. The first kappa shape index (κ1) is 21.1. The third kappa shape index (κ3) is 5.91. The highest BCUT2D eigenvalue weighted by molar-refractivity contribution is 5.34. The van der Waals surface area contributed by atoms with Crippen LogP contribution in [-0.4, -0.2) is 13.2 Å². The summed E-state index contributed by atoms with van der Waals surface area (Å²) in [5, 5.41) is 0. The van der Waals surface area contributed by atoms with E-state index in [1.54, 1.807) is 6.07 Å². The van der Waals surface area contributed by atoms with E-state index >= 15 is 0 Å². The van der Waals surface area contributed by atoms with Crippen LogP contribution in [0.3, 0.4) is 0 Å². The maximum absolute atomic E-state index is 14.0. The van der Waals surface area contributed by atoms with Gasteiger partial charge in [-0.15, -0.1) is 0 Å². The highest BCUT2D eigenvalue weighted by atomic mass is 19.3. The summed E-state index contributed by atoms with van der Waals surface area (Å²) in [6, 6.07) is 12.1. The molecule has 0 aliphatic heterocycles. The Bertz CT molecular complexity index is 747. The predicted molar refractivity (Wildman–Crippen MR) is 101 cm³/mol. The van der Waals surface area contributed by atoms with E-state index in [1.165, 1.54) is 17.7 Å². The van der Waals surface area contributed by atoms with Crippen molar-refractivity contribution in [3.05, 3.63) is 59.4 Å². The largest absolute Gasteiger partial charge is 0.494 e. The maximum Gasteiger partial charge on any atom is 0.387 e. The normalized spacial score (nSPS) is 12.3. The molecule has 5 heteroatoms. The molecule has 27 heavy (non-hydrogen) atoms. The highest BCUT2D eigenvalue weighted by Gasteiger charge is 2.23. The first-order valence-electron chi connectivity index (χ1n) is 8.97. The molecule has 0 N–H and O–H groups in total. The van der Waals surface area contributed by atoms with Crippen LogP contribution in [0.2, 0.25) is 0 Å². The molecule has 2 aromatic carbocycles. The van der Waals surface area contributed by atoms with Crippen LogP contribution >= 0.6 is 0 Å². The van der Waals surface area contributed by atoms with Gasteiger partial charge in [0, 0.05) is 0 Å². The third-order valence-electron chi connectivity index (χ3n) is 4.65. The van der Waals surface area contributed by atoms with Crippen molar-refractivity contribution in [2.24, 2.45) is 0 Å². The van der Waals surface area contributed by atoms with Crippen molar-refractivity contribution >= 4 is 0 Å². The fourth-order valence-corrected chi connectivity index (χ4v) is 2.73. The summed E-state index contributed by atoms with van der Waals surface area (Å²) in [6.45, 7) is 7.80. The van der Waals surface area contributed by atoms with Crippen molar-refractivity contribution in [1.82, 2.24) is 0 Å². The number of benzene rings is 2. The van der Waals surface area contributed by atoms with Crippen molar-refractivity contribution in [3.63, 3.8) is 0 Å². The van der Waals surface area contributed by atoms with Gasteiger partial charge in [-0.05, 0) is 52.6 Å². The molecular formula is C22H27F3O2. The predicted octanol–water partition coefficient (Wildman–Crippen LogP) is 6.47. The molecule has 0 radical (unpaired) electrons. The molecule has 2 rings (SSSR count). The second-order valence-electron chi connectivity index (χ2n) is 8.28. The van der Waals surface area contributed by atoms with Crippen LogP contribution in [0, 0.1) is 5.82 Å². The van der Waals surface area contributed by atoms with Crippen LogP contribution in [0.4, 0.5) is 13.2 Å². The Kier molecular flexibility index (Phi) is 6.45. The van der Waals surface area contributed by atoms with Gasteiger partial charge in [-0.1, -0.05) is 52.8 Å². The summed E-state index contributed by atoms with van der Waals surface area (Å²) in [5.74, 6) is -0.454. The van der Waals surface area contributed by atoms with Gasteiger partial charge in [-0.2, -0.15) is 8.78 Å². The van der Waals surface area contributed by atoms with Crippen molar-refractivity contribution < 1.29 is 22.6 Å². The van der Waals surface area contributed by atoms with Gasteiger partial charge >= 0.3 is 6.61 Å². The van der Waals surface area contributed by atoms with Gasteiger partial charge < -0.3 is 9.47 Å². The Labute approximate surface area is 159 Å². The van der Waals surface area contributed by atoms with Crippen molar-refractivity contribution in [3.8, 4) is 11.5 Å². The molecule has 148 valence electrons. The van der Waals surface area contributed by atoms with Gasteiger partial charge in [0.25, 0.3) is 0 Å². The van der Waals surface area contributed by atoms with E-state index in [-0.39, 0.29) is 10.8 Å². The molecule has 0 bridgehead atoms. The summed E-state index contributed by atoms with van der Waals surface area (Å²) in [7, 11) is 0. The van der Waals surface area contributed by atoms with Crippen molar-refractivity contribution in [2.75, 3.05) is 6.61 Å². The average molecular weight is 380 g/mol. The lowest BCUT2D eigenvalue weighted by atomic mass is 9.82. The molecular weight excluding hydrogens is 353 g/mol. The molecule has 2 aromatic rings. The summed E-state index contributed by atoms with van der Waals surface area (Å²) in [6.07, 6.45) is 0.641. The monoisotopic (exact) mass is 380 g/mol. The highest BCUT2D eigenvalue weighted by Crippen LogP contribution is 2.31. The minimum Gasteiger partial charge on any atom is -0.494 e. The van der Waals surface area contributed by atoms with E-state index in [4.69, 9.17) is 4.74 Å². The van der Waals surface area contributed by atoms with E-state index in [0.717, 1.165) is 5.75 Å². The number of alkyl halides is 2. The fourth-order valence-electron chi connectivity index (χ4n) is 2.73. The summed E-state index contributed by atoms with van der Waals surface area (Å²) < 4.78 is 48.4. The minimum atomic E-state index is -3.04. The number of ether oxygens (including phenoxy) is 2. The van der Waals surface area contributed by atoms with E-state index in [2.05, 4.69) is 37.6 Å². The molecule has 0 aliphatic rings. The molecule has 0 saturated carbocycles. The van der Waals surface area contributed by atoms with Gasteiger partial charge in [-0.25, -0.2) is 4.39 Å². The quantitative estimate of drug-likeness (QED) is 0.548. The Hall–Kier alpha value is -2.17. The number of rotatable bonds is 7. The third-order valence-corrected chi connectivity index (χ3v) is 4.65. The Morgan fingerprint density at radius 3 is 2.00 bits per heavy atom. The van der Waals surface area contributed by atoms with Crippen molar-refractivity contribution in [1.29, 1.82) is 0 Å². The molecule has 0 aromatic heterocycles. The van der Waals surface area contributed by atoms with Crippen LogP contribution in [0.15, 0.2) is 42.5 Å². The van der Waals surface area contributed by atoms with Gasteiger partial charge in [0.15, 0.2) is 11.6 Å². The zero-order valence-electron chi connectivity index (χ0n) is 16.5. The Balaban J connectivity index is 1.97. The lowest BCUT2D eigenvalue weighted by molar-refractivity contribution is -0.0522. The van der Waals surface area contributed by atoms with Crippen LogP contribution in [0.5, 0.6) is 11.5 Å². The first-order valence-corrected chi connectivity index (χ1v) is 8.97. The van der Waals surface area contributed by atoms with Gasteiger partial charge in [0.2, 0.25) is 0 Å². The van der Waals surface area contributed by atoms with E-state index in [0.29, 0.717) is 18.6 Å². The second-order valence-corrected chi connectivity index (χ2v) is 8.28. The van der Waals surface area contributed by atoms with Crippen LogP contribution in [0.1, 0.15) is 52.2 Å². The number of halogens is 3. The molecule has 0 heterocycles. The summed E-state index contributed by atoms with van der Waals surface area (Å²) >= 11 is 0. The van der Waals surface area contributed by atoms with Gasteiger partial charge in [0.1, 0.15) is 5.75 Å². The molecule has 0 amide bonds. The standard InChI is InChI=1S/C22H27F3O2/c1-21(2,3)15-6-9-17(10-7-15)26-13-12-22(4,5)16-8-11-19(18(23)14-16)27-20(24)25/h6-11,14,20H,12-13H2,1-5H3. The molecule has 0 atom stereocenters. The fraction of sp³-hybridized carbons (Fsp3) is 0.455. The maximum atomic E-state index is 14.0. The second kappa shape index (κ2) is 8.24. The number of hydrogen-bond acceptors (Lipinski definition) is 2. The molecule has 0 fully saturated rings. The Morgan fingerprint density at radius 1 is 0.889 bits per heavy atom.